The van der Waals surface area contributed by atoms with Crippen molar-refractivity contribution in [1.29, 1.82) is 0 Å². The van der Waals surface area contributed by atoms with Crippen LogP contribution in [0.1, 0.15) is 44.9 Å². The van der Waals surface area contributed by atoms with Crippen molar-refractivity contribution in [3.8, 4) is 11.5 Å². The number of methoxy groups -OCH3 is 1. The van der Waals surface area contributed by atoms with E-state index < -0.39 is 0 Å². The Morgan fingerprint density at radius 3 is 2.21 bits per heavy atom. The van der Waals surface area contributed by atoms with E-state index in [1.807, 2.05) is 24.3 Å². The fourth-order valence-corrected chi connectivity index (χ4v) is 4.31. The lowest BCUT2D eigenvalue weighted by molar-refractivity contribution is -0.137. The molecule has 1 aliphatic carbocycles. The standard InChI is InChI=1S/C20H25NO3/c1-23-18-7-9-19(10-8-18)24-13-20(22)21-16-5-6-17(21)12-15(11-16)14-3-2-4-14/h7-10,16-17H,2-6,11-13H2,1H3. The molecule has 1 aromatic rings. The van der Waals surface area contributed by atoms with Crippen molar-refractivity contribution >= 4 is 5.91 Å². The maximum Gasteiger partial charge on any atom is 0.261 e. The molecule has 0 N–H and O–H groups in total. The van der Waals surface area contributed by atoms with Crippen LogP contribution in [0.5, 0.6) is 11.5 Å². The van der Waals surface area contributed by atoms with Crippen LogP contribution in [0, 0.1) is 0 Å². The first kappa shape index (κ1) is 15.6. The first-order valence-corrected chi connectivity index (χ1v) is 9.02. The molecule has 2 saturated heterocycles. The van der Waals surface area contributed by atoms with Crippen LogP contribution >= 0.6 is 0 Å². The molecule has 24 heavy (non-hydrogen) atoms. The topological polar surface area (TPSA) is 38.8 Å². The molecule has 2 atom stereocenters. The van der Waals surface area contributed by atoms with Crippen molar-refractivity contribution in [2.45, 2.75) is 57.0 Å². The Balaban J connectivity index is 1.36. The zero-order chi connectivity index (χ0) is 16.5. The fraction of sp³-hybridized carbons (Fsp3) is 0.550. The van der Waals surface area contributed by atoms with E-state index in [0.29, 0.717) is 17.8 Å². The minimum atomic E-state index is 0.130. The van der Waals surface area contributed by atoms with Gasteiger partial charge in [0, 0.05) is 12.1 Å². The monoisotopic (exact) mass is 327 g/mol. The van der Waals surface area contributed by atoms with Crippen molar-refractivity contribution in [3.63, 3.8) is 0 Å². The molecule has 128 valence electrons. The predicted octanol–water partition coefficient (Wildman–Crippen LogP) is 3.71. The Morgan fingerprint density at radius 2 is 1.67 bits per heavy atom. The first-order chi connectivity index (χ1) is 11.7. The second kappa shape index (κ2) is 6.50. The normalized spacial score (nSPS) is 25.5. The van der Waals surface area contributed by atoms with E-state index in [-0.39, 0.29) is 12.5 Å². The molecular weight excluding hydrogens is 302 g/mol. The molecule has 1 saturated carbocycles. The molecule has 3 aliphatic rings. The van der Waals surface area contributed by atoms with Gasteiger partial charge >= 0.3 is 0 Å². The van der Waals surface area contributed by atoms with Gasteiger partial charge in [-0.15, -0.1) is 0 Å². The van der Waals surface area contributed by atoms with Crippen LogP contribution in [-0.2, 0) is 4.79 Å². The summed E-state index contributed by atoms with van der Waals surface area (Å²) in [6.07, 6.45) is 8.44. The number of amides is 1. The van der Waals surface area contributed by atoms with Gasteiger partial charge in [0.15, 0.2) is 6.61 Å². The largest absolute Gasteiger partial charge is 0.497 e. The molecule has 2 aliphatic heterocycles. The third-order valence-corrected chi connectivity index (χ3v) is 5.75. The zero-order valence-corrected chi connectivity index (χ0v) is 14.3. The highest BCUT2D eigenvalue weighted by molar-refractivity contribution is 5.79. The van der Waals surface area contributed by atoms with Crippen LogP contribution in [0.25, 0.3) is 0 Å². The lowest BCUT2D eigenvalue weighted by atomic mass is 9.82. The number of hydrogen-bond donors (Lipinski definition) is 0. The number of piperidine rings is 1. The Labute approximate surface area is 143 Å². The first-order valence-electron chi connectivity index (χ1n) is 9.02. The zero-order valence-electron chi connectivity index (χ0n) is 14.3. The van der Waals surface area contributed by atoms with E-state index in [9.17, 15) is 4.79 Å². The summed E-state index contributed by atoms with van der Waals surface area (Å²) in [6.45, 7) is 0.130. The molecular formula is C20H25NO3. The highest BCUT2D eigenvalue weighted by Gasteiger charge is 2.42. The number of fused-ring (bicyclic) bond motifs is 2. The van der Waals surface area contributed by atoms with Crippen molar-refractivity contribution in [1.82, 2.24) is 4.90 Å². The lowest BCUT2D eigenvalue weighted by Crippen LogP contribution is -2.47. The Morgan fingerprint density at radius 1 is 1.04 bits per heavy atom. The van der Waals surface area contributed by atoms with E-state index in [1.54, 1.807) is 18.3 Å². The Bertz CT molecular complexity index is 627. The molecule has 4 heteroatoms. The predicted molar refractivity (Wildman–Crippen MR) is 92.3 cm³/mol. The molecule has 2 unspecified atom stereocenters. The van der Waals surface area contributed by atoms with Crippen LogP contribution in [0.4, 0.5) is 0 Å². The fourth-order valence-electron chi connectivity index (χ4n) is 4.31. The summed E-state index contributed by atoms with van der Waals surface area (Å²) in [4.78, 5) is 14.8. The summed E-state index contributed by atoms with van der Waals surface area (Å²) in [5, 5.41) is 0. The second-order valence-corrected chi connectivity index (χ2v) is 7.12. The quantitative estimate of drug-likeness (QED) is 0.791. The van der Waals surface area contributed by atoms with Gasteiger partial charge in [-0.2, -0.15) is 0 Å². The summed E-state index contributed by atoms with van der Waals surface area (Å²) < 4.78 is 10.8. The lowest BCUT2D eigenvalue weighted by Gasteiger charge is -2.38. The minimum Gasteiger partial charge on any atom is -0.497 e. The molecule has 2 bridgehead atoms. The number of benzene rings is 1. The van der Waals surface area contributed by atoms with Crippen LogP contribution in [-0.4, -0.2) is 36.6 Å². The van der Waals surface area contributed by atoms with Gasteiger partial charge in [0.2, 0.25) is 0 Å². The molecule has 4 nitrogen and oxygen atoms in total. The molecule has 3 fully saturated rings. The van der Waals surface area contributed by atoms with E-state index >= 15 is 0 Å². The maximum absolute atomic E-state index is 12.7. The Hall–Kier alpha value is -1.97. The summed E-state index contributed by atoms with van der Waals surface area (Å²) >= 11 is 0. The minimum absolute atomic E-state index is 0.130. The van der Waals surface area contributed by atoms with E-state index in [2.05, 4.69) is 4.90 Å². The van der Waals surface area contributed by atoms with Gasteiger partial charge in [-0.05, 0) is 69.2 Å². The third-order valence-electron chi connectivity index (χ3n) is 5.75. The van der Waals surface area contributed by atoms with Gasteiger partial charge < -0.3 is 14.4 Å². The smallest absolute Gasteiger partial charge is 0.261 e. The number of hydrogen-bond acceptors (Lipinski definition) is 3. The van der Waals surface area contributed by atoms with Crippen LogP contribution in [0.3, 0.4) is 0 Å². The van der Waals surface area contributed by atoms with Crippen molar-refractivity contribution in [2.24, 2.45) is 0 Å². The summed E-state index contributed by atoms with van der Waals surface area (Å²) in [6, 6.07) is 8.19. The summed E-state index contributed by atoms with van der Waals surface area (Å²) in [5.41, 5.74) is 3.35. The van der Waals surface area contributed by atoms with Gasteiger partial charge in [0.05, 0.1) is 7.11 Å². The molecule has 0 spiro atoms. The Kier molecular flexibility index (Phi) is 4.21. The number of carbonyl (C=O) groups is 1. The van der Waals surface area contributed by atoms with E-state index in [4.69, 9.17) is 9.47 Å². The van der Waals surface area contributed by atoms with Crippen molar-refractivity contribution in [3.05, 3.63) is 35.4 Å². The number of nitrogens with zero attached hydrogens (tertiary/aromatic N) is 1. The molecule has 2 heterocycles. The molecule has 1 aromatic carbocycles. The number of allylic oxidation sites excluding steroid dienone is 1. The van der Waals surface area contributed by atoms with Gasteiger partial charge in [0.1, 0.15) is 11.5 Å². The van der Waals surface area contributed by atoms with Gasteiger partial charge in [-0.1, -0.05) is 11.1 Å². The number of rotatable bonds is 4. The van der Waals surface area contributed by atoms with Gasteiger partial charge in [-0.25, -0.2) is 0 Å². The van der Waals surface area contributed by atoms with Gasteiger partial charge in [0.25, 0.3) is 5.91 Å². The van der Waals surface area contributed by atoms with Crippen LogP contribution in [0.15, 0.2) is 35.4 Å². The van der Waals surface area contributed by atoms with Crippen LogP contribution in [0.2, 0.25) is 0 Å². The molecule has 0 aromatic heterocycles. The average molecular weight is 327 g/mol. The summed E-state index contributed by atoms with van der Waals surface area (Å²) in [5.74, 6) is 1.64. The van der Waals surface area contributed by atoms with Crippen molar-refractivity contribution in [2.75, 3.05) is 13.7 Å². The van der Waals surface area contributed by atoms with E-state index in [0.717, 1.165) is 31.4 Å². The molecule has 0 radical (unpaired) electrons. The third kappa shape index (κ3) is 2.90. The number of ether oxygens (including phenoxy) is 2. The van der Waals surface area contributed by atoms with Crippen molar-refractivity contribution < 1.29 is 14.3 Å². The molecule has 1 amide bonds. The molecule has 4 rings (SSSR count). The van der Waals surface area contributed by atoms with E-state index in [1.165, 1.54) is 19.3 Å². The summed E-state index contributed by atoms with van der Waals surface area (Å²) in [7, 11) is 1.64. The second-order valence-electron chi connectivity index (χ2n) is 7.12. The average Bonchev–Trinajstić information content (AvgIpc) is 2.82. The SMILES string of the molecule is COc1ccc(OCC(=O)N2C3CCC2CC(=C2CCC2)C3)cc1. The maximum atomic E-state index is 12.7. The number of carbonyl (C=O) groups excluding carboxylic acids is 1. The van der Waals surface area contributed by atoms with Gasteiger partial charge in [-0.3, -0.25) is 4.79 Å². The highest BCUT2D eigenvalue weighted by atomic mass is 16.5. The highest BCUT2D eigenvalue weighted by Crippen LogP contribution is 2.43. The van der Waals surface area contributed by atoms with Crippen LogP contribution < -0.4 is 9.47 Å².